The molecule has 0 aromatic heterocycles. The monoisotopic (exact) mass is 305 g/mol. The molecule has 0 aliphatic rings. The van der Waals surface area contributed by atoms with Crippen LogP contribution in [0.15, 0.2) is 24.3 Å². The van der Waals surface area contributed by atoms with Gasteiger partial charge in [0.25, 0.3) is 5.91 Å². The van der Waals surface area contributed by atoms with E-state index in [1.807, 2.05) is 33.0 Å². The van der Waals surface area contributed by atoms with Crippen LogP contribution in [0, 0.1) is 5.92 Å². The number of carbonyl (C=O) groups excluding carboxylic acids is 2. The Morgan fingerprint density at radius 2 is 1.77 bits per heavy atom. The first-order chi connectivity index (χ1) is 10.5. The van der Waals surface area contributed by atoms with E-state index in [4.69, 9.17) is 0 Å². The van der Waals surface area contributed by atoms with E-state index in [0.717, 1.165) is 18.5 Å². The van der Waals surface area contributed by atoms with Crippen LogP contribution in [0.5, 0.6) is 0 Å². The van der Waals surface area contributed by atoms with Gasteiger partial charge in [-0.3, -0.25) is 9.59 Å². The van der Waals surface area contributed by atoms with E-state index >= 15 is 0 Å². The van der Waals surface area contributed by atoms with Gasteiger partial charge in [-0.05, 0) is 37.7 Å². The maximum Gasteiger partial charge on any atom is 0.251 e. The van der Waals surface area contributed by atoms with Gasteiger partial charge in [-0.25, -0.2) is 0 Å². The maximum absolute atomic E-state index is 11.9. The first-order valence-corrected chi connectivity index (χ1v) is 7.72. The summed E-state index contributed by atoms with van der Waals surface area (Å²) < 4.78 is 0. The number of hydrogen-bond acceptors (Lipinski definition) is 3. The van der Waals surface area contributed by atoms with E-state index in [1.165, 1.54) is 0 Å². The second-order valence-corrected chi connectivity index (χ2v) is 5.76. The molecule has 0 aliphatic heterocycles. The smallest absolute Gasteiger partial charge is 0.251 e. The van der Waals surface area contributed by atoms with Gasteiger partial charge in [0, 0.05) is 31.6 Å². The van der Waals surface area contributed by atoms with E-state index in [9.17, 15) is 9.59 Å². The molecule has 2 amide bonds. The molecule has 1 aromatic carbocycles. The minimum Gasteiger partial charge on any atom is -0.352 e. The molecule has 0 saturated heterocycles. The predicted octanol–water partition coefficient (Wildman–Crippen LogP) is 1.64. The molecule has 22 heavy (non-hydrogen) atoms. The standard InChI is InChI=1S/C17H27N3O2/c1-13(2)17(22)20(4)12-14-6-8-15(9-7-14)16(21)19-11-5-10-18-3/h6-9,13,18H,5,10-12H2,1-4H3,(H,19,21). The van der Waals surface area contributed by atoms with E-state index in [0.29, 0.717) is 18.7 Å². The zero-order chi connectivity index (χ0) is 16.5. The first-order valence-electron chi connectivity index (χ1n) is 7.72. The minimum atomic E-state index is -0.0609. The number of nitrogens with zero attached hydrogens (tertiary/aromatic N) is 1. The summed E-state index contributed by atoms with van der Waals surface area (Å²) in [6.45, 7) is 5.88. The van der Waals surface area contributed by atoms with Crippen molar-refractivity contribution >= 4 is 11.8 Å². The normalized spacial score (nSPS) is 10.6. The molecule has 1 aromatic rings. The Balaban J connectivity index is 2.52. The number of nitrogens with one attached hydrogen (secondary N) is 2. The van der Waals surface area contributed by atoms with Crippen LogP contribution >= 0.6 is 0 Å². The quantitative estimate of drug-likeness (QED) is 0.718. The molecule has 0 saturated carbocycles. The van der Waals surface area contributed by atoms with Gasteiger partial charge in [0.15, 0.2) is 0 Å². The Morgan fingerprint density at radius 3 is 2.32 bits per heavy atom. The summed E-state index contributed by atoms with van der Waals surface area (Å²) in [5, 5.41) is 5.92. The second-order valence-electron chi connectivity index (χ2n) is 5.76. The lowest BCUT2D eigenvalue weighted by Crippen LogP contribution is -2.30. The van der Waals surface area contributed by atoms with Crippen LogP contribution < -0.4 is 10.6 Å². The molecule has 0 atom stereocenters. The molecule has 0 radical (unpaired) electrons. The fourth-order valence-corrected chi connectivity index (χ4v) is 2.12. The molecule has 2 N–H and O–H groups in total. The molecule has 122 valence electrons. The molecule has 0 spiro atoms. The highest BCUT2D eigenvalue weighted by molar-refractivity contribution is 5.94. The van der Waals surface area contributed by atoms with Crippen molar-refractivity contribution in [3.8, 4) is 0 Å². The lowest BCUT2D eigenvalue weighted by molar-refractivity contribution is -0.133. The fourth-order valence-electron chi connectivity index (χ4n) is 2.12. The van der Waals surface area contributed by atoms with E-state index in [-0.39, 0.29) is 17.7 Å². The van der Waals surface area contributed by atoms with Gasteiger partial charge in [0.1, 0.15) is 0 Å². The summed E-state index contributed by atoms with van der Waals surface area (Å²) >= 11 is 0. The SMILES string of the molecule is CNCCCNC(=O)c1ccc(CN(C)C(=O)C(C)C)cc1. The van der Waals surface area contributed by atoms with Crippen LogP contribution in [0.1, 0.15) is 36.2 Å². The van der Waals surface area contributed by atoms with Crippen molar-refractivity contribution in [2.24, 2.45) is 5.92 Å². The molecular formula is C17H27N3O2. The molecule has 0 unspecified atom stereocenters. The molecule has 1 rings (SSSR count). The van der Waals surface area contributed by atoms with Gasteiger partial charge >= 0.3 is 0 Å². The van der Waals surface area contributed by atoms with Crippen molar-refractivity contribution < 1.29 is 9.59 Å². The largest absolute Gasteiger partial charge is 0.352 e. The van der Waals surface area contributed by atoms with Crippen LogP contribution in [0.4, 0.5) is 0 Å². The number of benzene rings is 1. The van der Waals surface area contributed by atoms with Crippen molar-refractivity contribution in [3.63, 3.8) is 0 Å². The predicted molar refractivity (Wildman–Crippen MR) is 88.6 cm³/mol. The van der Waals surface area contributed by atoms with Crippen LogP contribution in [0.25, 0.3) is 0 Å². The Morgan fingerprint density at radius 1 is 1.14 bits per heavy atom. The highest BCUT2D eigenvalue weighted by Crippen LogP contribution is 2.09. The van der Waals surface area contributed by atoms with Gasteiger partial charge < -0.3 is 15.5 Å². The van der Waals surface area contributed by atoms with Crippen LogP contribution in [-0.2, 0) is 11.3 Å². The van der Waals surface area contributed by atoms with E-state index in [2.05, 4.69) is 10.6 Å². The lowest BCUT2D eigenvalue weighted by atomic mass is 10.1. The third kappa shape index (κ3) is 5.85. The van der Waals surface area contributed by atoms with Crippen molar-refractivity contribution in [1.82, 2.24) is 15.5 Å². The Labute approximate surface area is 133 Å². The van der Waals surface area contributed by atoms with Gasteiger partial charge in [0.05, 0.1) is 0 Å². The van der Waals surface area contributed by atoms with Crippen LogP contribution in [-0.4, -0.2) is 43.9 Å². The van der Waals surface area contributed by atoms with E-state index in [1.54, 1.807) is 24.1 Å². The van der Waals surface area contributed by atoms with Crippen LogP contribution in [0.3, 0.4) is 0 Å². The Hall–Kier alpha value is -1.88. The highest BCUT2D eigenvalue weighted by atomic mass is 16.2. The van der Waals surface area contributed by atoms with E-state index < -0.39 is 0 Å². The van der Waals surface area contributed by atoms with Crippen molar-refractivity contribution in [3.05, 3.63) is 35.4 Å². The molecule has 0 heterocycles. The molecule has 0 bridgehead atoms. The summed E-state index contributed by atoms with van der Waals surface area (Å²) in [5.41, 5.74) is 1.66. The Bertz CT molecular complexity index is 483. The third-order valence-corrected chi connectivity index (χ3v) is 3.40. The average Bonchev–Trinajstić information content (AvgIpc) is 2.51. The lowest BCUT2D eigenvalue weighted by Gasteiger charge is -2.19. The van der Waals surface area contributed by atoms with Crippen LogP contribution in [0.2, 0.25) is 0 Å². The minimum absolute atomic E-state index is 0.00679. The average molecular weight is 305 g/mol. The highest BCUT2D eigenvalue weighted by Gasteiger charge is 2.13. The van der Waals surface area contributed by atoms with Gasteiger partial charge in [-0.15, -0.1) is 0 Å². The summed E-state index contributed by atoms with van der Waals surface area (Å²) in [6, 6.07) is 7.39. The third-order valence-electron chi connectivity index (χ3n) is 3.40. The molecule has 5 nitrogen and oxygen atoms in total. The number of hydrogen-bond donors (Lipinski definition) is 2. The molecule has 0 aliphatic carbocycles. The summed E-state index contributed by atoms with van der Waals surface area (Å²) in [7, 11) is 3.69. The number of rotatable bonds is 8. The summed E-state index contributed by atoms with van der Waals surface area (Å²) in [5.74, 6) is 0.0493. The van der Waals surface area contributed by atoms with Gasteiger partial charge in [-0.1, -0.05) is 26.0 Å². The molecular weight excluding hydrogens is 278 g/mol. The summed E-state index contributed by atoms with van der Waals surface area (Å²) in [4.78, 5) is 25.5. The topological polar surface area (TPSA) is 61.4 Å². The first kappa shape index (κ1) is 18.2. The second kappa shape index (κ2) is 9.20. The number of amides is 2. The van der Waals surface area contributed by atoms with Crippen molar-refractivity contribution in [2.45, 2.75) is 26.8 Å². The fraction of sp³-hybridized carbons (Fsp3) is 0.529. The van der Waals surface area contributed by atoms with Crippen molar-refractivity contribution in [1.29, 1.82) is 0 Å². The van der Waals surface area contributed by atoms with Gasteiger partial charge in [0.2, 0.25) is 5.91 Å². The Kier molecular flexibility index (Phi) is 7.60. The zero-order valence-electron chi connectivity index (χ0n) is 14.0. The number of carbonyl (C=O) groups is 2. The maximum atomic E-state index is 11.9. The summed E-state index contributed by atoms with van der Waals surface area (Å²) in [6.07, 6.45) is 0.905. The van der Waals surface area contributed by atoms with Gasteiger partial charge in [-0.2, -0.15) is 0 Å². The molecule has 0 fully saturated rings. The molecule has 5 heteroatoms. The van der Waals surface area contributed by atoms with Crippen molar-refractivity contribution in [2.75, 3.05) is 27.2 Å². The zero-order valence-corrected chi connectivity index (χ0v) is 14.0.